The van der Waals surface area contributed by atoms with Gasteiger partial charge in [0.05, 0.1) is 31.6 Å². The SMILES string of the molecule is COc1cnc(Nc2ccc3c(cnn3CCN(C)C)c2)nc1-c1cn(C)c2ccccc12. The molecule has 0 fully saturated rings. The Hall–Kier alpha value is -3.91. The van der Waals surface area contributed by atoms with E-state index in [0.717, 1.165) is 51.8 Å². The van der Waals surface area contributed by atoms with Crippen molar-refractivity contribution >= 4 is 33.4 Å². The number of hydrogen-bond acceptors (Lipinski definition) is 6. The van der Waals surface area contributed by atoms with E-state index in [1.54, 1.807) is 13.3 Å². The summed E-state index contributed by atoms with van der Waals surface area (Å²) in [7, 11) is 7.80. The Kier molecular flexibility index (Phi) is 5.43. The number of anilines is 2. The first-order valence-electron chi connectivity index (χ1n) is 10.9. The van der Waals surface area contributed by atoms with Crippen molar-refractivity contribution in [2.45, 2.75) is 6.54 Å². The summed E-state index contributed by atoms with van der Waals surface area (Å²) < 4.78 is 9.71. The molecule has 3 heterocycles. The highest BCUT2D eigenvalue weighted by Crippen LogP contribution is 2.35. The second-order valence-corrected chi connectivity index (χ2v) is 8.35. The van der Waals surface area contributed by atoms with Crippen LogP contribution in [0.4, 0.5) is 11.6 Å². The summed E-state index contributed by atoms with van der Waals surface area (Å²) in [4.78, 5) is 11.4. The molecule has 1 N–H and O–H groups in total. The lowest BCUT2D eigenvalue weighted by Crippen LogP contribution is -2.18. The minimum absolute atomic E-state index is 0.512. The van der Waals surface area contributed by atoms with E-state index in [0.29, 0.717) is 11.7 Å². The van der Waals surface area contributed by atoms with E-state index in [9.17, 15) is 0 Å². The monoisotopic (exact) mass is 441 g/mol. The Morgan fingerprint density at radius 1 is 1.06 bits per heavy atom. The summed E-state index contributed by atoms with van der Waals surface area (Å²) in [5.74, 6) is 1.15. The van der Waals surface area contributed by atoms with Gasteiger partial charge in [0.1, 0.15) is 5.69 Å². The minimum atomic E-state index is 0.512. The molecular formula is C25H27N7O. The van der Waals surface area contributed by atoms with E-state index in [2.05, 4.69) is 69.4 Å². The number of nitrogens with one attached hydrogen (secondary N) is 1. The van der Waals surface area contributed by atoms with E-state index in [1.807, 2.05) is 36.1 Å². The molecule has 0 aliphatic heterocycles. The number of hydrogen-bond donors (Lipinski definition) is 1. The number of aromatic nitrogens is 5. The largest absolute Gasteiger partial charge is 0.493 e. The van der Waals surface area contributed by atoms with Crippen LogP contribution in [0, 0.1) is 0 Å². The minimum Gasteiger partial charge on any atom is -0.493 e. The van der Waals surface area contributed by atoms with Gasteiger partial charge in [0.2, 0.25) is 5.95 Å². The smallest absolute Gasteiger partial charge is 0.227 e. The zero-order chi connectivity index (χ0) is 22.9. The first-order valence-corrected chi connectivity index (χ1v) is 10.9. The molecule has 8 heteroatoms. The van der Waals surface area contributed by atoms with Gasteiger partial charge in [-0.3, -0.25) is 4.68 Å². The molecule has 0 saturated carbocycles. The van der Waals surface area contributed by atoms with Crippen LogP contribution in [0.5, 0.6) is 5.75 Å². The molecule has 0 atom stereocenters. The van der Waals surface area contributed by atoms with Gasteiger partial charge in [-0.1, -0.05) is 18.2 Å². The van der Waals surface area contributed by atoms with Gasteiger partial charge >= 0.3 is 0 Å². The third-order valence-corrected chi connectivity index (χ3v) is 5.78. The highest BCUT2D eigenvalue weighted by atomic mass is 16.5. The van der Waals surface area contributed by atoms with E-state index in [1.165, 1.54) is 0 Å². The number of nitrogens with zero attached hydrogens (tertiary/aromatic N) is 6. The van der Waals surface area contributed by atoms with Gasteiger partial charge in [-0.25, -0.2) is 9.97 Å². The normalized spacial score (nSPS) is 11.5. The van der Waals surface area contributed by atoms with Crippen LogP contribution in [0.25, 0.3) is 33.1 Å². The highest BCUT2D eigenvalue weighted by Gasteiger charge is 2.16. The zero-order valence-electron chi connectivity index (χ0n) is 19.3. The summed E-state index contributed by atoms with van der Waals surface area (Å²) in [5, 5.41) is 10.1. The second-order valence-electron chi connectivity index (χ2n) is 8.35. The Labute approximate surface area is 192 Å². The number of likely N-dealkylation sites (N-methyl/N-ethyl adjacent to an activating group) is 1. The van der Waals surface area contributed by atoms with Crippen molar-refractivity contribution in [2.24, 2.45) is 7.05 Å². The number of methoxy groups -OCH3 is 1. The third kappa shape index (κ3) is 4.01. The average Bonchev–Trinajstić information content (AvgIpc) is 3.38. The molecular weight excluding hydrogens is 414 g/mol. The summed E-state index contributed by atoms with van der Waals surface area (Å²) in [5.41, 5.74) is 4.91. The van der Waals surface area contributed by atoms with Crippen LogP contribution in [0.15, 0.2) is 61.1 Å². The molecule has 0 aliphatic carbocycles. The van der Waals surface area contributed by atoms with E-state index in [-0.39, 0.29) is 0 Å². The van der Waals surface area contributed by atoms with Crippen molar-refractivity contribution < 1.29 is 4.74 Å². The molecule has 0 unspecified atom stereocenters. The Balaban J connectivity index is 1.47. The topological polar surface area (TPSA) is 73.0 Å². The van der Waals surface area contributed by atoms with E-state index >= 15 is 0 Å². The molecule has 33 heavy (non-hydrogen) atoms. The first-order chi connectivity index (χ1) is 16.0. The molecule has 0 radical (unpaired) electrons. The highest BCUT2D eigenvalue weighted by molar-refractivity contribution is 5.96. The van der Waals surface area contributed by atoms with Crippen molar-refractivity contribution in [3.63, 3.8) is 0 Å². The lowest BCUT2D eigenvalue weighted by Gasteiger charge is -2.11. The standard InChI is InChI=1S/C25H27N7O/c1-30(2)11-12-32-21-10-9-18(13-17(21)14-27-32)28-25-26-15-23(33-4)24(29-25)20-16-31(3)22-8-6-5-7-19(20)22/h5-10,13-16H,11-12H2,1-4H3,(H,26,28,29). The van der Waals surface area contributed by atoms with Crippen molar-refractivity contribution in [2.75, 3.05) is 33.1 Å². The summed E-state index contributed by atoms with van der Waals surface area (Å²) >= 11 is 0. The summed E-state index contributed by atoms with van der Waals surface area (Å²) in [6, 6.07) is 14.4. The van der Waals surface area contributed by atoms with Crippen LogP contribution in [-0.4, -0.2) is 57.0 Å². The molecule has 168 valence electrons. The van der Waals surface area contributed by atoms with Crippen LogP contribution >= 0.6 is 0 Å². The molecule has 5 aromatic rings. The number of fused-ring (bicyclic) bond motifs is 2. The second kappa shape index (κ2) is 8.55. The van der Waals surface area contributed by atoms with Crippen LogP contribution < -0.4 is 10.1 Å². The molecule has 0 bridgehead atoms. The van der Waals surface area contributed by atoms with Gasteiger partial charge in [-0.05, 0) is 38.4 Å². The third-order valence-electron chi connectivity index (χ3n) is 5.78. The maximum absolute atomic E-state index is 5.59. The van der Waals surface area contributed by atoms with Crippen molar-refractivity contribution in [1.29, 1.82) is 0 Å². The quantitative estimate of drug-likeness (QED) is 0.406. The summed E-state index contributed by atoms with van der Waals surface area (Å²) in [6.07, 6.45) is 5.68. The Morgan fingerprint density at radius 2 is 1.91 bits per heavy atom. The molecule has 8 nitrogen and oxygen atoms in total. The van der Waals surface area contributed by atoms with Gasteiger partial charge in [0.25, 0.3) is 0 Å². The maximum Gasteiger partial charge on any atom is 0.227 e. The fourth-order valence-corrected chi connectivity index (χ4v) is 4.07. The number of benzene rings is 2. The average molecular weight is 442 g/mol. The zero-order valence-corrected chi connectivity index (χ0v) is 19.3. The van der Waals surface area contributed by atoms with Crippen LogP contribution in [0.2, 0.25) is 0 Å². The fraction of sp³-hybridized carbons (Fsp3) is 0.240. The molecule has 2 aromatic carbocycles. The number of aryl methyl sites for hydroxylation is 1. The molecule has 5 rings (SSSR count). The van der Waals surface area contributed by atoms with Gasteiger partial charge < -0.3 is 19.5 Å². The predicted octanol–water partition coefficient (Wildman–Crippen LogP) is 4.30. The Bertz CT molecular complexity index is 1430. The molecule has 0 saturated heterocycles. The van der Waals surface area contributed by atoms with Crippen molar-refractivity contribution in [3.05, 3.63) is 61.1 Å². The fourth-order valence-electron chi connectivity index (χ4n) is 4.07. The van der Waals surface area contributed by atoms with E-state index < -0.39 is 0 Å². The van der Waals surface area contributed by atoms with Crippen LogP contribution in [0.1, 0.15) is 0 Å². The van der Waals surface area contributed by atoms with Crippen LogP contribution in [0.3, 0.4) is 0 Å². The lowest BCUT2D eigenvalue weighted by molar-refractivity contribution is 0.377. The number of ether oxygens (including phenoxy) is 1. The molecule has 0 aliphatic rings. The summed E-state index contributed by atoms with van der Waals surface area (Å²) in [6.45, 7) is 1.78. The molecule has 0 amide bonds. The van der Waals surface area contributed by atoms with Gasteiger partial charge in [-0.15, -0.1) is 0 Å². The van der Waals surface area contributed by atoms with Crippen LogP contribution in [-0.2, 0) is 13.6 Å². The molecule has 3 aromatic heterocycles. The van der Waals surface area contributed by atoms with Crippen molar-refractivity contribution in [1.82, 2.24) is 29.2 Å². The van der Waals surface area contributed by atoms with Gasteiger partial charge in [0.15, 0.2) is 5.75 Å². The number of rotatable bonds is 7. The first kappa shape index (κ1) is 21.0. The van der Waals surface area contributed by atoms with E-state index in [4.69, 9.17) is 9.72 Å². The number of para-hydroxylation sites is 1. The van der Waals surface area contributed by atoms with Gasteiger partial charge in [-0.2, -0.15) is 5.10 Å². The lowest BCUT2D eigenvalue weighted by atomic mass is 10.1. The predicted molar refractivity (Wildman–Crippen MR) is 132 cm³/mol. The van der Waals surface area contributed by atoms with Gasteiger partial charge in [0, 0.05) is 47.3 Å². The molecule has 0 spiro atoms. The maximum atomic E-state index is 5.59. The Morgan fingerprint density at radius 3 is 2.73 bits per heavy atom. The van der Waals surface area contributed by atoms with Crippen molar-refractivity contribution in [3.8, 4) is 17.0 Å².